The van der Waals surface area contributed by atoms with Crippen LogP contribution in [0.2, 0.25) is 0 Å². The highest BCUT2D eigenvalue weighted by molar-refractivity contribution is 7.92. The third-order valence-corrected chi connectivity index (χ3v) is 5.17. The molecule has 146 valence electrons. The molecule has 0 aromatic heterocycles. The van der Waals surface area contributed by atoms with Gasteiger partial charge in [-0.2, -0.15) is 0 Å². The molecule has 27 heavy (non-hydrogen) atoms. The largest absolute Gasteiger partial charge is 0.493 e. The van der Waals surface area contributed by atoms with Crippen LogP contribution in [0, 0.1) is 6.92 Å². The summed E-state index contributed by atoms with van der Waals surface area (Å²) in [5.41, 5.74) is 1.93. The summed E-state index contributed by atoms with van der Waals surface area (Å²) in [6, 6.07) is 12.2. The number of nitrogens with zero attached hydrogens (tertiary/aromatic N) is 1. The number of methoxy groups -OCH3 is 2. The number of rotatable bonds is 8. The lowest BCUT2D eigenvalue weighted by Crippen LogP contribution is -2.33. The fourth-order valence-electron chi connectivity index (χ4n) is 2.65. The van der Waals surface area contributed by atoms with E-state index in [1.54, 1.807) is 30.3 Å². The predicted molar refractivity (Wildman–Crippen MR) is 106 cm³/mol. The first-order chi connectivity index (χ1) is 12.8. The van der Waals surface area contributed by atoms with E-state index in [-0.39, 0.29) is 18.9 Å². The molecule has 0 heterocycles. The van der Waals surface area contributed by atoms with Crippen LogP contribution in [0.25, 0.3) is 0 Å². The number of anilines is 2. The summed E-state index contributed by atoms with van der Waals surface area (Å²) in [7, 11) is -0.473. The quantitative estimate of drug-likeness (QED) is 0.747. The normalized spacial score (nSPS) is 11.0. The molecule has 2 aromatic rings. The van der Waals surface area contributed by atoms with Gasteiger partial charge in [0.1, 0.15) is 0 Å². The Bertz CT molecular complexity index is 912. The molecular formula is C19H24N2O5S. The number of carbonyl (C=O) groups excluding carboxylic acids is 1. The summed E-state index contributed by atoms with van der Waals surface area (Å²) in [5, 5.41) is 2.74. The Labute approximate surface area is 160 Å². The van der Waals surface area contributed by atoms with Crippen LogP contribution in [0.4, 0.5) is 11.4 Å². The van der Waals surface area contributed by atoms with Crippen molar-refractivity contribution in [1.82, 2.24) is 0 Å². The Kier molecular flexibility index (Phi) is 6.68. The highest BCUT2D eigenvalue weighted by atomic mass is 32.2. The molecule has 8 heteroatoms. The number of nitrogens with one attached hydrogen (secondary N) is 1. The van der Waals surface area contributed by atoms with Gasteiger partial charge in [0.15, 0.2) is 11.5 Å². The van der Waals surface area contributed by atoms with E-state index in [2.05, 4.69) is 5.32 Å². The molecule has 0 aliphatic carbocycles. The van der Waals surface area contributed by atoms with E-state index in [0.717, 1.165) is 11.8 Å². The first-order valence-corrected chi connectivity index (χ1v) is 10.2. The van der Waals surface area contributed by atoms with Crippen LogP contribution in [0.3, 0.4) is 0 Å². The molecule has 0 bridgehead atoms. The van der Waals surface area contributed by atoms with Gasteiger partial charge in [0, 0.05) is 24.7 Å². The highest BCUT2D eigenvalue weighted by Crippen LogP contribution is 2.30. The number of ether oxygens (including phenoxy) is 2. The second-order valence-electron chi connectivity index (χ2n) is 5.99. The Hall–Kier alpha value is -2.74. The maximum Gasteiger partial charge on any atom is 0.232 e. The van der Waals surface area contributed by atoms with Gasteiger partial charge >= 0.3 is 0 Å². The molecule has 0 radical (unpaired) electrons. The number of hydrogen-bond acceptors (Lipinski definition) is 5. The van der Waals surface area contributed by atoms with Gasteiger partial charge in [-0.25, -0.2) is 8.42 Å². The van der Waals surface area contributed by atoms with E-state index in [4.69, 9.17) is 9.47 Å². The smallest absolute Gasteiger partial charge is 0.232 e. The SMILES string of the molecule is COc1ccc(NC(=O)CCN(c2ccccc2C)S(C)(=O)=O)cc1OC. The Balaban J connectivity index is 2.10. The summed E-state index contributed by atoms with van der Waals surface area (Å²) in [6.07, 6.45) is 1.14. The summed E-state index contributed by atoms with van der Waals surface area (Å²) >= 11 is 0. The molecule has 0 saturated heterocycles. The minimum Gasteiger partial charge on any atom is -0.493 e. The van der Waals surface area contributed by atoms with Crippen LogP contribution >= 0.6 is 0 Å². The standard InChI is InChI=1S/C19H24N2O5S/c1-14-7-5-6-8-16(14)21(27(4,23)24)12-11-19(22)20-15-9-10-17(25-2)18(13-15)26-3/h5-10,13H,11-12H2,1-4H3,(H,20,22). The van der Waals surface area contributed by atoms with E-state index < -0.39 is 10.0 Å². The number of sulfonamides is 1. The zero-order chi connectivity index (χ0) is 20.0. The van der Waals surface area contributed by atoms with Gasteiger partial charge in [-0.05, 0) is 30.7 Å². The number of amides is 1. The first-order valence-electron chi connectivity index (χ1n) is 8.31. The van der Waals surface area contributed by atoms with E-state index in [1.807, 2.05) is 19.1 Å². The molecule has 1 amide bonds. The van der Waals surface area contributed by atoms with Crippen LogP contribution in [-0.4, -0.2) is 41.3 Å². The highest BCUT2D eigenvalue weighted by Gasteiger charge is 2.20. The number of aryl methyl sites for hydroxylation is 1. The van der Waals surface area contributed by atoms with Crippen molar-refractivity contribution in [3.8, 4) is 11.5 Å². The minimum atomic E-state index is -3.51. The third-order valence-electron chi connectivity index (χ3n) is 3.99. The molecular weight excluding hydrogens is 368 g/mol. The molecule has 0 unspecified atom stereocenters. The van der Waals surface area contributed by atoms with Crippen LogP contribution in [-0.2, 0) is 14.8 Å². The summed E-state index contributed by atoms with van der Waals surface area (Å²) in [5.74, 6) is 0.746. The lowest BCUT2D eigenvalue weighted by atomic mass is 10.2. The van der Waals surface area contributed by atoms with Crippen molar-refractivity contribution in [2.75, 3.05) is 36.6 Å². The molecule has 2 aromatic carbocycles. The van der Waals surface area contributed by atoms with Crippen molar-refractivity contribution < 1.29 is 22.7 Å². The summed E-state index contributed by atoms with van der Waals surface area (Å²) < 4.78 is 36.0. The van der Waals surface area contributed by atoms with Gasteiger partial charge in [-0.1, -0.05) is 18.2 Å². The summed E-state index contributed by atoms with van der Waals surface area (Å²) in [6.45, 7) is 1.88. The van der Waals surface area contributed by atoms with Gasteiger partial charge in [0.25, 0.3) is 0 Å². The predicted octanol–water partition coefficient (Wildman–Crippen LogP) is 2.81. The minimum absolute atomic E-state index is 0.00967. The molecule has 0 spiro atoms. The third kappa shape index (κ3) is 5.37. The zero-order valence-corrected chi connectivity index (χ0v) is 16.7. The average Bonchev–Trinajstić information content (AvgIpc) is 2.62. The van der Waals surface area contributed by atoms with E-state index in [9.17, 15) is 13.2 Å². The van der Waals surface area contributed by atoms with Gasteiger partial charge in [0.05, 0.1) is 26.2 Å². The van der Waals surface area contributed by atoms with Crippen LogP contribution < -0.4 is 19.1 Å². The first kappa shape index (κ1) is 20.6. The lowest BCUT2D eigenvalue weighted by molar-refractivity contribution is -0.116. The van der Waals surface area contributed by atoms with Gasteiger partial charge in [-0.3, -0.25) is 9.10 Å². The molecule has 0 atom stereocenters. The second kappa shape index (κ2) is 8.77. The van der Waals surface area contributed by atoms with Crippen molar-refractivity contribution >= 4 is 27.3 Å². The monoisotopic (exact) mass is 392 g/mol. The van der Waals surface area contributed by atoms with Crippen molar-refractivity contribution in [3.63, 3.8) is 0 Å². The fraction of sp³-hybridized carbons (Fsp3) is 0.316. The number of hydrogen-bond donors (Lipinski definition) is 1. The number of para-hydroxylation sites is 1. The molecule has 0 saturated carbocycles. The van der Waals surface area contributed by atoms with Crippen LogP contribution in [0.5, 0.6) is 11.5 Å². The molecule has 0 aliphatic heterocycles. The number of carbonyl (C=O) groups is 1. The Morgan fingerprint density at radius 3 is 2.33 bits per heavy atom. The molecule has 7 nitrogen and oxygen atoms in total. The number of benzene rings is 2. The second-order valence-corrected chi connectivity index (χ2v) is 7.90. The van der Waals surface area contributed by atoms with Crippen molar-refractivity contribution in [2.24, 2.45) is 0 Å². The average molecular weight is 392 g/mol. The van der Waals surface area contributed by atoms with Gasteiger partial charge in [0.2, 0.25) is 15.9 Å². The van der Waals surface area contributed by atoms with E-state index in [1.165, 1.54) is 18.5 Å². The van der Waals surface area contributed by atoms with Crippen molar-refractivity contribution in [3.05, 3.63) is 48.0 Å². The molecule has 0 fully saturated rings. The van der Waals surface area contributed by atoms with Crippen molar-refractivity contribution in [2.45, 2.75) is 13.3 Å². The van der Waals surface area contributed by atoms with E-state index in [0.29, 0.717) is 22.9 Å². The van der Waals surface area contributed by atoms with Crippen LogP contribution in [0.1, 0.15) is 12.0 Å². The maximum absolute atomic E-state index is 12.3. The molecule has 2 rings (SSSR count). The summed E-state index contributed by atoms with van der Waals surface area (Å²) in [4.78, 5) is 12.3. The molecule has 1 N–H and O–H groups in total. The van der Waals surface area contributed by atoms with Gasteiger partial charge in [-0.15, -0.1) is 0 Å². The Morgan fingerprint density at radius 1 is 1.07 bits per heavy atom. The lowest BCUT2D eigenvalue weighted by Gasteiger charge is -2.24. The van der Waals surface area contributed by atoms with Gasteiger partial charge < -0.3 is 14.8 Å². The Morgan fingerprint density at radius 2 is 1.74 bits per heavy atom. The van der Waals surface area contributed by atoms with E-state index >= 15 is 0 Å². The van der Waals surface area contributed by atoms with Crippen molar-refractivity contribution in [1.29, 1.82) is 0 Å². The zero-order valence-electron chi connectivity index (χ0n) is 15.9. The maximum atomic E-state index is 12.3. The van der Waals surface area contributed by atoms with Crippen LogP contribution in [0.15, 0.2) is 42.5 Å². The fourth-order valence-corrected chi connectivity index (χ4v) is 3.63. The topological polar surface area (TPSA) is 84.9 Å². The molecule has 0 aliphatic rings.